The van der Waals surface area contributed by atoms with Crippen molar-refractivity contribution < 1.29 is 13.5 Å². The highest BCUT2D eigenvalue weighted by Gasteiger charge is 2.18. The van der Waals surface area contributed by atoms with E-state index < -0.39 is 0 Å². The van der Waals surface area contributed by atoms with Gasteiger partial charge in [0.25, 0.3) is 0 Å². The largest absolute Gasteiger partial charge is 0.496 e. The molecule has 1 atom stereocenters. The molecule has 0 aromatic heterocycles. The standard InChI is InChI=1S/C16H17F2NO/c1-3-19-16(11-5-4-6-12(17)9-11)14-10-13(18)7-8-15(14)20-2/h4-10,16,19H,3H2,1-2H3. The second kappa shape index (κ2) is 6.48. The topological polar surface area (TPSA) is 21.3 Å². The molecule has 1 unspecified atom stereocenters. The van der Waals surface area contributed by atoms with Crippen molar-refractivity contribution >= 4 is 0 Å². The molecule has 2 aromatic rings. The third kappa shape index (κ3) is 3.14. The van der Waals surface area contributed by atoms with E-state index >= 15 is 0 Å². The molecule has 0 heterocycles. The van der Waals surface area contributed by atoms with Gasteiger partial charge in [-0.15, -0.1) is 0 Å². The van der Waals surface area contributed by atoms with Gasteiger partial charge in [0.1, 0.15) is 17.4 Å². The van der Waals surface area contributed by atoms with Crippen molar-refractivity contribution in [2.75, 3.05) is 13.7 Å². The molecule has 0 saturated carbocycles. The van der Waals surface area contributed by atoms with E-state index in [0.717, 1.165) is 5.56 Å². The van der Waals surface area contributed by atoms with Gasteiger partial charge in [-0.2, -0.15) is 0 Å². The number of halogens is 2. The van der Waals surface area contributed by atoms with Crippen LogP contribution in [0.15, 0.2) is 42.5 Å². The van der Waals surface area contributed by atoms with E-state index in [9.17, 15) is 8.78 Å². The molecule has 4 heteroatoms. The van der Waals surface area contributed by atoms with Gasteiger partial charge in [-0.1, -0.05) is 19.1 Å². The molecule has 0 aliphatic heterocycles. The molecule has 0 aliphatic rings. The van der Waals surface area contributed by atoms with E-state index in [1.165, 1.54) is 31.4 Å². The van der Waals surface area contributed by atoms with Crippen molar-refractivity contribution in [3.8, 4) is 5.75 Å². The maximum absolute atomic E-state index is 13.5. The quantitative estimate of drug-likeness (QED) is 0.900. The fraction of sp³-hybridized carbons (Fsp3) is 0.250. The summed E-state index contributed by atoms with van der Waals surface area (Å²) < 4.78 is 32.2. The summed E-state index contributed by atoms with van der Waals surface area (Å²) in [7, 11) is 1.53. The predicted octanol–water partition coefficient (Wildman–Crippen LogP) is 3.67. The molecule has 20 heavy (non-hydrogen) atoms. The molecular formula is C16H17F2NO. The number of benzene rings is 2. The van der Waals surface area contributed by atoms with Gasteiger partial charge in [0.05, 0.1) is 13.2 Å². The van der Waals surface area contributed by atoms with E-state index in [0.29, 0.717) is 17.9 Å². The molecule has 0 fully saturated rings. The van der Waals surface area contributed by atoms with Crippen LogP contribution in [-0.4, -0.2) is 13.7 Å². The van der Waals surface area contributed by atoms with Crippen LogP contribution in [0.2, 0.25) is 0 Å². The van der Waals surface area contributed by atoms with Gasteiger partial charge < -0.3 is 10.1 Å². The summed E-state index contributed by atoms with van der Waals surface area (Å²) in [6.07, 6.45) is 0. The normalized spacial score (nSPS) is 12.2. The van der Waals surface area contributed by atoms with Gasteiger partial charge in [0.15, 0.2) is 0 Å². The van der Waals surface area contributed by atoms with Crippen LogP contribution in [0.1, 0.15) is 24.1 Å². The lowest BCUT2D eigenvalue weighted by Crippen LogP contribution is -2.22. The Labute approximate surface area is 117 Å². The molecule has 0 radical (unpaired) electrons. The minimum atomic E-state index is -0.347. The number of nitrogens with one attached hydrogen (secondary N) is 1. The van der Waals surface area contributed by atoms with Crippen LogP contribution in [0.3, 0.4) is 0 Å². The summed E-state index contributed by atoms with van der Waals surface area (Å²) in [4.78, 5) is 0. The number of hydrogen-bond donors (Lipinski definition) is 1. The van der Waals surface area contributed by atoms with Gasteiger partial charge >= 0.3 is 0 Å². The van der Waals surface area contributed by atoms with E-state index in [2.05, 4.69) is 5.32 Å². The number of methoxy groups -OCH3 is 1. The predicted molar refractivity (Wildman–Crippen MR) is 74.9 cm³/mol. The van der Waals surface area contributed by atoms with Crippen molar-refractivity contribution in [1.82, 2.24) is 5.32 Å². The Hall–Kier alpha value is -1.94. The second-order valence-corrected chi connectivity index (χ2v) is 4.43. The summed E-state index contributed by atoms with van der Waals surface area (Å²) in [6.45, 7) is 2.61. The number of ether oxygens (including phenoxy) is 1. The lowest BCUT2D eigenvalue weighted by Gasteiger charge is -2.21. The number of rotatable bonds is 5. The van der Waals surface area contributed by atoms with Crippen LogP contribution in [0, 0.1) is 11.6 Å². The molecule has 0 spiro atoms. The van der Waals surface area contributed by atoms with Crippen LogP contribution in [-0.2, 0) is 0 Å². The Balaban J connectivity index is 2.50. The number of hydrogen-bond acceptors (Lipinski definition) is 2. The Morgan fingerprint density at radius 3 is 2.50 bits per heavy atom. The zero-order valence-electron chi connectivity index (χ0n) is 11.5. The Morgan fingerprint density at radius 1 is 1.10 bits per heavy atom. The lowest BCUT2D eigenvalue weighted by molar-refractivity contribution is 0.402. The van der Waals surface area contributed by atoms with Gasteiger partial charge in [0, 0.05) is 5.56 Å². The summed E-state index contributed by atoms with van der Waals surface area (Å²) >= 11 is 0. The molecule has 2 aromatic carbocycles. The van der Waals surface area contributed by atoms with Crippen molar-refractivity contribution in [3.05, 3.63) is 65.2 Å². The minimum absolute atomic E-state index is 0.318. The first-order chi connectivity index (χ1) is 9.65. The molecule has 106 valence electrons. The second-order valence-electron chi connectivity index (χ2n) is 4.43. The first-order valence-electron chi connectivity index (χ1n) is 6.48. The summed E-state index contributed by atoms with van der Waals surface area (Å²) in [5.74, 6) is -0.0949. The zero-order chi connectivity index (χ0) is 14.5. The van der Waals surface area contributed by atoms with Gasteiger partial charge in [-0.25, -0.2) is 8.78 Å². The summed E-state index contributed by atoms with van der Waals surface area (Å²) in [5.41, 5.74) is 1.38. The maximum atomic E-state index is 13.5. The highest BCUT2D eigenvalue weighted by atomic mass is 19.1. The van der Waals surface area contributed by atoms with Gasteiger partial charge in [0.2, 0.25) is 0 Å². The van der Waals surface area contributed by atoms with Gasteiger partial charge in [-0.05, 0) is 42.4 Å². The minimum Gasteiger partial charge on any atom is -0.496 e. The fourth-order valence-corrected chi connectivity index (χ4v) is 2.23. The van der Waals surface area contributed by atoms with Crippen LogP contribution in [0.4, 0.5) is 8.78 Å². The monoisotopic (exact) mass is 277 g/mol. The molecule has 0 aliphatic carbocycles. The first kappa shape index (κ1) is 14.5. The zero-order valence-corrected chi connectivity index (χ0v) is 11.5. The van der Waals surface area contributed by atoms with E-state index in [4.69, 9.17) is 4.74 Å². The van der Waals surface area contributed by atoms with Crippen molar-refractivity contribution in [2.24, 2.45) is 0 Å². The van der Waals surface area contributed by atoms with Gasteiger partial charge in [-0.3, -0.25) is 0 Å². The highest BCUT2D eigenvalue weighted by molar-refractivity contribution is 5.42. The van der Waals surface area contributed by atoms with E-state index in [1.807, 2.05) is 6.92 Å². The molecule has 0 saturated heterocycles. The Morgan fingerprint density at radius 2 is 1.85 bits per heavy atom. The first-order valence-corrected chi connectivity index (χ1v) is 6.48. The maximum Gasteiger partial charge on any atom is 0.124 e. The molecule has 2 rings (SSSR count). The summed E-state index contributed by atoms with van der Waals surface area (Å²) in [5, 5.41) is 3.23. The Kier molecular flexibility index (Phi) is 4.69. The third-order valence-corrected chi connectivity index (χ3v) is 3.09. The van der Waals surface area contributed by atoms with Crippen LogP contribution in [0.25, 0.3) is 0 Å². The SMILES string of the molecule is CCNC(c1cccc(F)c1)c1cc(F)ccc1OC. The average molecular weight is 277 g/mol. The summed E-state index contributed by atoms with van der Waals surface area (Å²) in [6, 6.07) is 10.3. The molecule has 0 bridgehead atoms. The van der Waals surface area contributed by atoms with E-state index in [-0.39, 0.29) is 17.7 Å². The van der Waals surface area contributed by atoms with Crippen LogP contribution in [0.5, 0.6) is 5.75 Å². The molecule has 0 amide bonds. The molecular weight excluding hydrogens is 260 g/mol. The average Bonchev–Trinajstić information content (AvgIpc) is 2.44. The van der Waals surface area contributed by atoms with Crippen molar-refractivity contribution in [2.45, 2.75) is 13.0 Å². The lowest BCUT2D eigenvalue weighted by atomic mass is 9.97. The van der Waals surface area contributed by atoms with Crippen LogP contribution >= 0.6 is 0 Å². The smallest absolute Gasteiger partial charge is 0.124 e. The Bertz CT molecular complexity index is 586. The molecule has 1 N–H and O–H groups in total. The fourth-order valence-electron chi connectivity index (χ4n) is 2.23. The van der Waals surface area contributed by atoms with Crippen molar-refractivity contribution in [3.63, 3.8) is 0 Å². The van der Waals surface area contributed by atoms with Crippen LogP contribution < -0.4 is 10.1 Å². The molecule has 2 nitrogen and oxygen atoms in total. The van der Waals surface area contributed by atoms with Crippen molar-refractivity contribution in [1.29, 1.82) is 0 Å². The van der Waals surface area contributed by atoms with E-state index in [1.54, 1.807) is 18.2 Å². The third-order valence-electron chi connectivity index (χ3n) is 3.09. The highest BCUT2D eigenvalue weighted by Crippen LogP contribution is 2.31.